The van der Waals surface area contributed by atoms with E-state index in [2.05, 4.69) is 10.4 Å². The van der Waals surface area contributed by atoms with Crippen molar-refractivity contribution in [2.45, 2.75) is 20.8 Å². The first-order chi connectivity index (χ1) is 11.0. The molecule has 0 unspecified atom stereocenters. The molecule has 1 aromatic carbocycles. The largest absolute Gasteiger partial charge is 0.321 e. The Morgan fingerprint density at radius 3 is 2.35 bits per heavy atom. The van der Waals surface area contributed by atoms with E-state index in [9.17, 15) is 4.79 Å². The molecule has 0 saturated carbocycles. The van der Waals surface area contributed by atoms with E-state index in [0.29, 0.717) is 9.90 Å². The van der Waals surface area contributed by atoms with Crippen molar-refractivity contribution in [2.24, 2.45) is 0 Å². The number of carbonyl (C=O) groups excluding carboxylic acids is 1. The first kappa shape index (κ1) is 15.8. The summed E-state index contributed by atoms with van der Waals surface area (Å²) in [4.78, 5) is 14.0. The Hall–Kier alpha value is -2.11. The van der Waals surface area contributed by atoms with Gasteiger partial charge in [-0.25, -0.2) is 4.68 Å². The molecule has 3 rings (SSSR count). The molecule has 6 heteroatoms. The van der Waals surface area contributed by atoms with Gasteiger partial charge in [0.1, 0.15) is 0 Å². The first-order valence-electron chi connectivity index (χ1n) is 7.15. The molecule has 0 aliphatic heterocycles. The number of hydrogen-bond donors (Lipinski definition) is 1. The molecule has 0 spiro atoms. The van der Waals surface area contributed by atoms with Gasteiger partial charge in [0.2, 0.25) is 0 Å². The highest BCUT2D eigenvalue weighted by atomic mass is 35.5. The zero-order chi connectivity index (χ0) is 16.6. The average molecular weight is 346 g/mol. The van der Waals surface area contributed by atoms with Crippen LogP contribution < -0.4 is 5.32 Å². The molecule has 1 amide bonds. The molecule has 0 aliphatic carbocycles. The van der Waals surface area contributed by atoms with Gasteiger partial charge in [0.05, 0.1) is 27.0 Å². The fourth-order valence-corrected chi connectivity index (χ4v) is 3.19. The summed E-state index contributed by atoms with van der Waals surface area (Å²) in [6, 6.07) is 11.3. The van der Waals surface area contributed by atoms with Crippen molar-refractivity contribution < 1.29 is 4.79 Å². The normalized spacial score (nSPS) is 10.8. The minimum absolute atomic E-state index is 0.0926. The van der Waals surface area contributed by atoms with Gasteiger partial charge >= 0.3 is 0 Å². The van der Waals surface area contributed by atoms with Crippen molar-refractivity contribution in [2.75, 3.05) is 5.32 Å². The van der Waals surface area contributed by atoms with Crippen molar-refractivity contribution in [3.63, 3.8) is 0 Å². The zero-order valence-corrected chi connectivity index (χ0v) is 14.6. The molecule has 23 heavy (non-hydrogen) atoms. The second-order valence-corrected chi connectivity index (χ2v) is 6.97. The van der Waals surface area contributed by atoms with Crippen molar-refractivity contribution in [1.29, 1.82) is 0 Å². The van der Waals surface area contributed by atoms with Gasteiger partial charge in [-0.15, -0.1) is 11.3 Å². The fourth-order valence-electron chi connectivity index (χ4n) is 2.31. The van der Waals surface area contributed by atoms with Crippen LogP contribution in [0.15, 0.2) is 36.4 Å². The fraction of sp³-hybridized carbons (Fsp3) is 0.176. The van der Waals surface area contributed by atoms with Crippen LogP contribution in [0.5, 0.6) is 0 Å². The van der Waals surface area contributed by atoms with Crippen LogP contribution in [0.3, 0.4) is 0 Å². The summed E-state index contributed by atoms with van der Waals surface area (Å²) in [5.41, 5.74) is 3.35. The molecule has 2 aromatic heterocycles. The van der Waals surface area contributed by atoms with E-state index in [0.717, 1.165) is 27.6 Å². The van der Waals surface area contributed by atoms with Crippen LogP contribution in [0.4, 0.5) is 5.69 Å². The van der Waals surface area contributed by atoms with Gasteiger partial charge in [0.15, 0.2) is 0 Å². The Labute approximate surface area is 143 Å². The van der Waals surface area contributed by atoms with Crippen molar-refractivity contribution in [3.05, 3.63) is 62.6 Å². The third kappa shape index (κ3) is 3.16. The molecule has 0 atom stereocenters. The van der Waals surface area contributed by atoms with E-state index in [1.54, 1.807) is 4.68 Å². The molecule has 1 N–H and O–H groups in total. The summed E-state index contributed by atoms with van der Waals surface area (Å²) in [6.45, 7) is 5.79. The molecule has 4 nitrogen and oxygen atoms in total. The molecule has 2 heterocycles. The van der Waals surface area contributed by atoms with Gasteiger partial charge in [0, 0.05) is 10.6 Å². The summed E-state index contributed by atoms with van der Waals surface area (Å²) in [5, 5.41) is 7.99. The highest BCUT2D eigenvalue weighted by Crippen LogP contribution is 2.23. The SMILES string of the molecule is Cc1ccc(C(=O)Nc2ccc(-n3nc(C)c(Cl)c3C)cc2)s1. The third-order valence-corrected chi connectivity index (χ3v) is 5.08. The summed E-state index contributed by atoms with van der Waals surface area (Å²) in [7, 11) is 0. The van der Waals surface area contributed by atoms with E-state index in [1.165, 1.54) is 11.3 Å². The predicted molar refractivity (Wildman–Crippen MR) is 95.1 cm³/mol. The number of benzene rings is 1. The van der Waals surface area contributed by atoms with Crippen LogP contribution in [0.1, 0.15) is 25.9 Å². The molecule has 0 radical (unpaired) electrons. The van der Waals surface area contributed by atoms with Crippen molar-refractivity contribution in [1.82, 2.24) is 9.78 Å². The maximum atomic E-state index is 12.1. The molecular weight excluding hydrogens is 330 g/mol. The van der Waals surface area contributed by atoms with Crippen LogP contribution in [-0.4, -0.2) is 15.7 Å². The number of aryl methyl sites for hydroxylation is 2. The number of nitrogens with one attached hydrogen (secondary N) is 1. The van der Waals surface area contributed by atoms with E-state index in [1.807, 2.05) is 57.2 Å². The van der Waals surface area contributed by atoms with Gasteiger partial charge in [-0.2, -0.15) is 5.10 Å². The second-order valence-electron chi connectivity index (χ2n) is 5.31. The maximum absolute atomic E-state index is 12.1. The van der Waals surface area contributed by atoms with Gasteiger partial charge in [-0.05, 0) is 57.2 Å². The number of carbonyl (C=O) groups is 1. The average Bonchev–Trinajstić information content (AvgIpc) is 3.08. The highest BCUT2D eigenvalue weighted by Gasteiger charge is 2.11. The Morgan fingerprint density at radius 1 is 1.13 bits per heavy atom. The molecule has 0 fully saturated rings. The number of rotatable bonds is 3. The number of aromatic nitrogens is 2. The summed E-state index contributed by atoms with van der Waals surface area (Å²) >= 11 is 7.66. The van der Waals surface area contributed by atoms with E-state index in [-0.39, 0.29) is 5.91 Å². The summed E-state index contributed by atoms with van der Waals surface area (Å²) < 4.78 is 1.80. The first-order valence-corrected chi connectivity index (χ1v) is 8.35. The van der Waals surface area contributed by atoms with Crippen molar-refractivity contribution >= 4 is 34.5 Å². The lowest BCUT2D eigenvalue weighted by atomic mass is 10.2. The third-order valence-electron chi connectivity index (χ3n) is 3.54. The van der Waals surface area contributed by atoms with Gasteiger partial charge in [-0.3, -0.25) is 4.79 Å². The number of hydrogen-bond acceptors (Lipinski definition) is 3. The Bertz CT molecular complexity index is 865. The monoisotopic (exact) mass is 345 g/mol. The number of thiophene rings is 1. The Kier molecular flexibility index (Phi) is 4.24. The summed E-state index contributed by atoms with van der Waals surface area (Å²) in [6.07, 6.45) is 0. The molecule has 0 saturated heterocycles. The highest BCUT2D eigenvalue weighted by molar-refractivity contribution is 7.14. The summed E-state index contributed by atoms with van der Waals surface area (Å²) in [5.74, 6) is -0.0926. The lowest BCUT2D eigenvalue weighted by Gasteiger charge is -2.07. The molecule has 0 aliphatic rings. The van der Waals surface area contributed by atoms with Crippen LogP contribution in [0, 0.1) is 20.8 Å². The Balaban J connectivity index is 1.79. The van der Waals surface area contributed by atoms with E-state index >= 15 is 0 Å². The minimum Gasteiger partial charge on any atom is -0.321 e. The number of halogens is 1. The van der Waals surface area contributed by atoms with E-state index < -0.39 is 0 Å². The van der Waals surface area contributed by atoms with Gasteiger partial charge in [-0.1, -0.05) is 11.6 Å². The van der Waals surface area contributed by atoms with Gasteiger partial charge in [0.25, 0.3) is 5.91 Å². The van der Waals surface area contributed by atoms with Crippen LogP contribution in [0.2, 0.25) is 5.02 Å². The lowest BCUT2D eigenvalue weighted by Crippen LogP contribution is -2.10. The number of anilines is 1. The predicted octanol–water partition coefficient (Wildman–Crippen LogP) is 4.76. The Morgan fingerprint density at radius 2 is 1.83 bits per heavy atom. The smallest absolute Gasteiger partial charge is 0.265 e. The minimum atomic E-state index is -0.0926. The number of amides is 1. The van der Waals surface area contributed by atoms with E-state index in [4.69, 9.17) is 11.6 Å². The van der Waals surface area contributed by atoms with Crippen LogP contribution in [-0.2, 0) is 0 Å². The zero-order valence-electron chi connectivity index (χ0n) is 13.1. The van der Waals surface area contributed by atoms with Crippen molar-refractivity contribution in [3.8, 4) is 5.69 Å². The quantitative estimate of drug-likeness (QED) is 0.743. The number of nitrogens with zero attached hydrogens (tertiary/aromatic N) is 2. The molecular formula is C17H16ClN3OS. The lowest BCUT2D eigenvalue weighted by molar-refractivity contribution is 0.103. The molecule has 118 valence electrons. The maximum Gasteiger partial charge on any atom is 0.265 e. The van der Waals surface area contributed by atoms with Crippen LogP contribution >= 0.6 is 22.9 Å². The topological polar surface area (TPSA) is 46.9 Å². The molecule has 0 bridgehead atoms. The molecule has 3 aromatic rings. The second kappa shape index (κ2) is 6.18. The van der Waals surface area contributed by atoms with Gasteiger partial charge < -0.3 is 5.32 Å². The standard InChI is InChI=1S/C17H16ClN3OS/c1-10-4-9-15(23-10)17(22)19-13-5-7-14(8-6-13)21-12(3)16(18)11(2)20-21/h4-9H,1-3H3,(H,19,22). The van der Waals surface area contributed by atoms with Crippen LogP contribution in [0.25, 0.3) is 5.69 Å².